The smallest absolute Gasteiger partial charge is 0.222 e. The van der Waals surface area contributed by atoms with Crippen molar-refractivity contribution in [2.75, 3.05) is 18.9 Å². The molecule has 0 aliphatic carbocycles. The minimum Gasteiger partial charge on any atom is -0.394 e. The molecule has 2 rings (SSSR count). The zero-order valence-corrected chi connectivity index (χ0v) is 12.5. The number of likely N-dealkylation sites (tertiary alicyclic amines) is 1. The van der Waals surface area contributed by atoms with Crippen molar-refractivity contribution in [1.82, 2.24) is 4.90 Å². The zero-order chi connectivity index (χ0) is 12.8. The molecule has 2 aliphatic heterocycles. The standard InChI is InChI=1S/C13H23NO2S2/c15-10-11-4-3-8-14(11)13(16)6-2-1-5-12-7-9-17-18-12/h11-12,15H,1-10H2/t11-,12?/m0/s1. The normalized spacial score (nSPS) is 27.9. The minimum atomic E-state index is 0.0966. The first kappa shape index (κ1) is 14.5. The fraction of sp³-hybridized carbons (Fsp3) is 0.923. The van der Waals surface area contributed by atoms with Gasteiger partial charge in [0.15, 0.2) is 0 Å². The molecular formula is C13H23NO2S2. The molecule has 1 unspecified atom stereocenters. The third-order valence-corrected chi connectivity index (χ3v) is 6.81. The van der Waals surface area contributed by atoms with Gasteiger partial charge in [-0.2, -0.15) is 0 Å². The predicted octanol–water partition coefficient (Wildman–Crippen LogP) is 2.68. The molecule has 2 aliphatic rings. The van der Waals surface area contributed by atoms with E-state index in [4.69, 9.17) is 0 Å². The SMILES string of the molecule is O=C(CCCCC1CCSS1)N1CCC[C@H]1CO. The number of hydrogen-bond donors (Lipinski definition) is 1. The minimum absolute atomic E-state index is 0.0966. The van der Waals surface area contributed by atoms with E-state index in [2.05, 4.69) is 0 Å². The molecule has 0 aromatic heterocycles. The molecule has 0 bridgehead atoms. The van der Waals surface area contributed by atoms with Gasteiger partial charge in [0.05, 0.1) is 12.6 Å². The highest BCUT2D eigenvalue weighted by molar-refractivity contribution is 8.77. The van der Waals surface area contributed by atoms with E-state index in [0.717, 1.165) is 31.1 Å². The first-order valence-electron chi connectivity index (χ1n) is 7.00. The summed E-state index contributed by atoms with van der Waals surface area (Å²) in [5, 5.41) is 10.0. The van der Waals surface area contributed by atoms with Crippen LogP contribution in [0.3, 0.4) is 0 Å². The summed E-state index contributed by atoms with van der Waals surface area (Å²) >= 11 is 0. The monoisotopic (exact) mass is 289 g/mol. The number of carbonyl (C=O) groups excluding carboxylic acids is 1. The third-order valence-electron chi connectivity index (χ3n) is 3.80. The first-order chi connectivity index (χ1) is 8.81. The molecule has 1 N–H and O–H groups in total. The van der Waals surface area contributed by atoms with Crippen LogP contribution in [0, 0.1) is 0 Å². The molecule has 1 amide bonds. The Morgan fingerprint density at radius 1 is 1.33 bits per heavy atom. The fourth-order valence-corrected chi connectivity index (χ4v) is 5.74. The highest BCUT2D eigenvalue weighted by atomic mass is 33.1. The van der Waals surface area contributed by atoms with Crippen LogP contribution in [0.25, 0.3) is 0 Å². The van der Waals surface area contributed by atoms with Gasteiger partial charge >= 0.3 is 0 Å². The molecule has 2 heterocycles. The van der Waals surface area contributed by atoms with Crippen molar-refractivity contribution in [2.45, 2.75) is 56.2 Å². The van der Waals surface area contributed by atoms with Gasteiger partial charge in [-0.05, 0) is 32.1 Å². The first-order valence-corrected chi connectivity index (χ1v) is 9.38. The second kappa shape index (κ2) is 7.65. The van der Waals surface area contributed by atoms with Crippen LogP contribution in [0.2, 0.25) is 0 Å². The number of aliphatic hydroxyl groups excluding tert-OH is 1. The summed E-state index contributed by atoms with van der Waals surface area (Å²) in [4.78, 5) is 13.9. The zero-order valence-electron chi connectivity index (χ0n) is 10.8. The molecular weight excluding hydrogens is 266 g/mol. The summed E-state index contributed by atoms with van der Waals surface area (Å²) in [6.07, 6.45) is 7.46. The van der Waals surface area contributed by atoms with Gasteiger partial charge in [0.25, 0.3) is 0 Å². The summed E-state index contributed by atoms with van der Waals surface area (Å²) in [5.74, 6) is 1.54. The van der Waals surface area contributed by atoms with Crippen molar-refractivity contribution in [3.8, 4) is 0 Å². The van der Waals surface area contributed by atoms with Crippen LogP contribution in [0.1, 0.15) is 44.9 Å². The third kappa shape index (κ3) is 4.07. The largest absolute Gasteiger partial charge is 0.394 e. The topological polar surface area (TPSA) is 40.5 Å². The number of nitrogens with zero attached hydrogens (tertiary/aromatic N) is 1. The van der Waals surface area contributed by atoms with Gasteiger partial charge in [-0.1, -0.05) is 28.0 Å². The van der Waals surface area contributed by atoms with E-state index in [0.29, 0.717) is 6.42 Å². The lowest BCUT2D eigenvalue weighted by atomic mass is 10.1. The van der Waals surface area contributed by atoms with Gasteiger partial charge in [-0.3, -0.25) is 4.79 Å². The number of hydrogen-bond acceptors (Lipinski definition) is 4. The van der Waals surface area contributed by atoms with Crippen molar-refractivity contribution < 1.29 is 9.90 Å². The molecule has 2 atom stereocenters. The molecule has 2 saturated heterocycles. The Morgan fingerprint density at radius 3 is 2.94 bits per heavy atom. The van der Waals surface area contributed by atoms with Crippen LogP contribution in [0.4, 0.5) is 0 Å². The summed E-state index contributed by atoms with van der Waals surface area (Å²) in [6, 6.07) is 0.0966. The van der Waals surface area contributed by atoms with Crippen LogP contribution < -0.4 is 0 Å². The maximum absolute atomic E-state index is 12.0. The maximum atomic E-state index is 12.0. The lowest BCUT2D eigenvalue weighted by Gasteiger charge is -2.23. The summed E-state index contributed by atoms with van der Waals surface area (Å²) in [5.41, 5.74) is 0. The molecule has 18 heavy (non-hydrogen) atoms. The fourth-order valence-electron chi connectivity index (χ4n) is 2.71. The quantitative estimate of drug-likeness (QED) is 0.603. The summed E-state index contributed by atoms with van der Waals surface area (Å²) < 4.78 is 0. The van der Waals surface area contributed by atoms with Crippen LogP contribution in [0.5, 0.6) is 0 Å². The van der Waals surface area contributed by atoms with Crippen molar-refractivity contribution in [3.63, 3.8) is 0 Å². The van der Waals surface area contributed by atoms with Gasteiger partial charge in [0.1, 0.15) is 0 Å². The van der Waals surface area contributed by atoms with E-state index in [1.165, 1.54) is 25.0 Å². The van der Waals surface area contributed by atoms with Gasteiger partial charge in [0.2, 0.25) is 5.91 Å². The van der Waals surface area contributed by atoms with Crippen LogP contribution in [-0.2, 0) is 4.79 Å². The molecule has 2 fully saturated rings. The molecule has 104 valence electrons. The molecule has 0 spiro atoms. The average molecular weight is 289 g/mol. The van der Waals surface area contributed by atoms with Crippen LogP contribution in [0.15, 0.2) is 0 Å². The van der Waals surface area contributed by atoms with Crippen LogP contribution >= 0.6 is 21.6 Å². The Balaban J connectivity index is 1.59. The predicted molar refractivity (Wildman–Crippen MR) is 78.7 cm³/mol. The number of rotatable bonds is 6. The van der Waals surface area contributed by atoms with Crippen molar-refractivity contribution >= 4 is 27.5 Å². The maximum Gasteiger partial charge on any atom is 0.222 e. The summed E-state index contributed by atoms with van der Waals surface area (Å²) in [7, 11) is 4.00. The number of aliphatic hydroxyl groups is 1. The van der Waals surface area contributed by atoms with E-state index in [1.54, 1.807) is 0 Å². The van der Waals surface area contributed by atoms with Gasteiger partial charge in [0, 0.05) is 24.0 Å². The van der Waals surface area contributed by atoms with Gasteiger partial charge < -0.3 is 10.0 Å². The van der Waals surface area contributed by atoms with Crippen LogP contribution in [-0.4, -0.2) is 46.1 Å². The molecule has 0 aromatic rings. The van der Waals surface area contributed by atoms with Crippen molar-refractivity contribution in [1.29, 1.82) is 0 Å². The molecule has 3 nitrogen and oxygen atoms in total. The Bertz CT molecular complexity index is 270. The molecule has 5 heteroatoms. The highest BCUT2D eigenvalue weighted by Gasteiger charge is 2.27. The summed E-state index contributed by atoms with van der Waals surface area (Å²) in [6.45, 7) is 0.973. The Morgan fingerprint density at radius 2 is 2.22 bits per heavy atom. The second-order valence-corrected chi connectivity index (χ2v) is 7.93. The molecule has 0 radical (unpaired) electrons. The number of unbranched alkanes of at least 4 members (excludes halogenated alkanes) is 1. The van der Waals surface area contributed by atoms with Gasteiger partial charge in [-0.15, -0.1) is 0 Å². The van der Waals surface area contributed by atoms with E-state index < -0.39 is 0 Å². The Hall–Kier alpha value is 0.130. The van der Waals surface area contributed by atoms with Crippen molar-refractivity contribution in [3.05, 3.63) is 0 Å². The average Bonchev–Trinajstić information content (AvgIpc) is 3.04. The van der Waals surface area contributed by atoms with E-state index in [9.17, 15) is 9.90 Å². The van der Waals surface area contributed by atoms with Gasteiger partial charge in [-0.25, -0.2) is 0 Å². The highest BCUT2D eigenvalue weighted by Crippen LogP contribution is 2.39. The van der Waals surface area contributed by atoms with E-state index in [1.807, 2.05) is 26.5 Å². The Kier molecular flexibility index (Phi) is 6.18. The van der Waals surface area contributed by atoms with Crippen molar-refractivity contribution in [2.24, 2.45) is 0 Å². The number of amides is 1. The second-order valence-electron chi connectivity index (χ2n) is 5.14. The van der Waals surface area contributed by atoms with E-state index >= 15 is 0 Å². The number of carbonyl (C=O) groups is 1. The molecule has 0 saturated carbocycles. The lowest BCUT2D eigenvalue weighted by molar-refractivity contribution is -0.132. The molecule has 0 aromatic carbocycles. The van der Waals surface area contributed by atoms with E-state index in [-0.39, 0.29) is 18.6 Å². The lowest BCUT2D eigenvalue weighted by Crippen LogP contribution is -2.37. The Labute approximate surface area is 117 Å².